The maximum Gasteiger partial charge on any atom is 0.305 e. The predicted molar refractivity (Wildman–Crippen MR) is 60.6 cm³/mol. The van der Waals surface area contributed by atoms with E-state index < -0.39 is 0 Å². The fourth-order valence-corrected chi connectivity index (χ4v) is 1.49. The van der Waals surface area contributed by atoms with Crippen LogP contribution in [0.1, 0.15) is 38.5 Å². The van der Waals surface area contributed by atoms with Crippen LogP contribution in [-0.2, 0) is 14.3 Å². The third kappa shape index (κ3) is 4.31. The predicted octanol–water partition coefficient (Wildman–Crippen LogP) is 2.01. The Balaban J connectivity index is 2.14. The summed E-state index contributed by atoms with van der Waals surface area (Å²) in [5.74, 6) is 5.95. The van der Waals surface area contributed by atoms with Crippen LogP contribution in [0, 0.1) is 11.8 Å². The van der Waals surface area contributed by atoms with Crippen molar-refractivity contribution < 1.29 is 14.3 Å². The first-order valence-corrected chi connectivity index (χ1v) is 5.49. The van der Waals surface area contributed by atoms with E-state index in [1.807, 2.05) is 6.08 Å². The molecule has 0 heterocycles. The van der Waals surface area contributed by atoms with Gasteiger partial charge in [0.25, 0.3) is 0 Å². The second-order valence-corrected chi connectivity index (χ2v) is 3.65. The van der Waals surface area contributed by atoms with Crippen molar-refractivity contribution in [2.75, 3.05) is 7.11 Å². The zero-order valence-electron chi connectivity index (χ0n) is 9.54. The summed E-state index contributed by atoms with van der Waals surface area (Å²) < 4.78 is 4.51. The van der Waals surface area contributed by atoms with Crippen molar-refractivity contribution >= 4 is 11.8 Å². The number of Topliss-reactive ketones (excluding diaryl/α,β-unsaturated/α-hetero) is 1. The maximum absolute atomic E-state index is 11.2. The van der Waals surface area contributed by atoms with Gasteiger partial charge in [0.05, 0.1) is 7.11 Å². The van der Waals surface area contributed by atoms with Gasteiger partial charge < -0.3 is 4.74 Å². The maximum atomic E-state index is 11.2. The van der Waals surface area contributed by atoms with E-state index in [1.165, 1.54) is 7.11 Å². The van der Waals surface area contributed by atoms with Gasteiger partial charge >= 0.3 is 5.97 Å². The average Bonchev–Trinajstić information content (AvgIpc) is 2.69. The van der Waals surface area contributed by atoms with Crippen LogP contribution in [0.5, 0.6) is 0 Å². The first-order chi connectivity index (χ1) is 7.74. The molecule has 0 aliphatic heterocycles. The monoisotopic (exact) mass is 220 g/mol. The summed E-state index contributed by atoms with van der Waals surface area (Å²) in [6.07, 6.45) is 5.82. The summed E-state index contributed by atoms with van der Waals surface area (Å²) in [4.78, 5) is 22.0. The lowest BCUT2D eigenvalue weighted by Gasteiger charge is -1.94. The van der Waals surface area contributed by atoms with Gasteiger partial charge in [-0.25, -0.2) is 0 Å². The van der Waals surface area contributed by atoms with E-state index in [2.05, 4.69) is 16.6 Å². The quantitative estimate of drug-likeness (QED) is 0.413. The van der Waals surface area contributed by atoms with E-state index >= 15 is 0 Å². The third-order valence-electron chi connectivity index (χ3n) is 2.43. The Morgan fingerprint density at radius 1 is 1.50 bits per heavy atom. The first kappa shape index (κ1) is 12.5. The molecule has 0 aromatic rings. The van der Waals surface area contributed by atoms with Gasteiger partial charge in [0.1, 0.15) is 0 Å². The Morgan fingerprint density at radius 3 is 2.94 bits per heavy atom. The van der Waals surface area contributed by atoms with Gasteiger partial charge in [0.15, 0.2) is 5.78 Å². The fraction of sp³-hybridized carbons (Fsp3) is 0.538. The highest BCUT2D eigenvalue weighted by atomic mass is 16.5. The number of carbonyl (C=O) groups excluding carboxylic acids is 2. The molecule has 3 heteroatoms. The van der Waals surface area contributed by atoms with Crippen LogP contribution in [0.15, 0.2) is 11.6 Å². The van der Waals surface area contributed by atoms with Crippen molar-refractivity contribution in [3.8, 4) is 11.8 Å². The summed E-state index contributed by atoms with van der Waals surface area (Å²) >= 11 is 0. The molecule has 0 spiro atoms. The first-order valence-electron chi connectivity index (χ1n) is 5.49. The van der Waals surface area contributed by atoms with E-state index in [0.717, 1.165) is 12.0 Å². The van der Waals surface area contributed by atoms with Crippen molar-refractivity contribution in [3.05, 3.63) is 11.6 Å². The molecule has 1 aliphatic rings. The second kappa shape index (κ2) is 6.84. The number of ether oxygens (including phenoxy) is 1. The highest BCUT2D eigenvalue weighted by Gasteiger charge is 2.12. The van der Waals surface area contributed by atoms with E-state index in [9.17, 15) is 9.59 Å². The van der Waals surface area contributed by atoms with Crippen molar-refractivity contribution in [3.63, 3.8) is 0 Å². The molecule has 0 atom stereocenters. The van der Waals surface area contributed by atoms with Gasteiger partial charge in [-0.05, 0) is 12.8 Å². The average molecular weight is 220 g/mol. The molecule has 1 rings (SSSR count). The number of hydrogen-bond acceptors (Lipinski definition) is 3. The molecule has 1 aliphatic carbocycles. The molecule has 0 aromatic carbocycles. The Bertz CT molecular complexity index is 355. The molecule has 0 saturated heterocycles. The third-order valence-corrected chi connectivity index (χ3v) is 2.43. The lowest BCUT2D eigenvalue weighted by molar-refractivity contribution is -0.140. The lowest BCUT2D eigenvalue weighted by Crippen LogP contribution is -1.98. The van der Waals surface area contributed by atoms with E-state index in [0.29, 0.717) is 32.1 Å². The van der Waals surface area contributed by atoms with Crippen molar-refractivity contribution in [2.24, 2.45) is 0 Å². The smallest absolute Gasteiger partial charge is 0.305 e. The number of esters is 1. The van der Waals surface area contributed by atoms with Gasteiger partial charge in [-0.2, -0.15) is 0 Å². The highest BCUT2D eigenvalue weighted by molar-refractivity contribution is 5.97. The van der Waals surface area contributed by atoms with Crippen LogP contribution in [-0.4, -0.2) is 18.9 Å². The number of carbonyl (C=O) groups is 2. The molecule has 0 amide bonds. The molecule has 86 valence electrons. The van der Waals surface area contributed by atoms with Crippen LogP contribution < -0.4 is 0 Å². The van der Waals surface area contributed by atoms with Crippen molar-refractivity contribution in [2.45, 2.75) is 38.5 Å². The zero-order valence-corrected chi connectivity index (χ0v) is 9.54. The minimum absolute atomic E-state index is 0.199. The van der Waals surface area contributed by atoms with E-state index in [-0.39, 0.29) is 11.8 Å². The van der Waals surface area contributed by atoms with E-state index in [4.69, 9.17) is 0 Å². The molecule has 16 heavy (non-hydrogen) atoms. The summed E-state index contributed by atoms with van der Waals surface area (Å²) in [5.41, 5.74) is 0.848. The van der Waals surface area contributed by atoms with Gasteiger partial charge in [-0.3, -0.25) is 9.59 Å². The molecule has 0 aromatic heterocycles. The van der Waals surface area contributed by atoms with Crippen molar-refractivity contribution in [1.29, 1.82) is 0 Å². The van der Waals surface area contributed by atoms with Crippen LogP contribution in [0.2, 0.25) is 0 Å². The number of ketones is 1. The van der Waals surface area contributed by atoms with Crippen molar-refractivity contribution in [1.82, 2.24) is 0 Å². The van der Waals surface area contributed by atoms with Gasteiger partial charge in [-0.1, -0.05) is 12.0 Å². The summed E-state index contributed by atoms with van der Waals surface area (Å²) in [6, 6.07) is 0. The van der Waals surface area contributed by atoms with Gasteiger partial charge in [0.2, 0.25) is 0 Å². The van der Waals surface area contributed by atoms with Crippen LogP contribution >= 0.6 is 0 Å². The lowest BCUT2D eigenvalue weighted by atomic mass is 10.1. The standard InChI is InChI=1S/C13H16O3/c1-16-13(15)10-5-3-2-4-7-11-8-6-9-12(11)14/h8H,3,5-7,9-10H2,1H3. The molecule has 0 unspecified atom stereocenters. The number of methoxy groups -OCH3 is 1. The van der Waals surface area contributed by atoms with Crippen LogP contribution in [0.25, 0.3) is 0 Å². The van der Waals surface area contributed by atoms with Gasteiger partial charge in [0, 0.05) is 31.3 Å². The molecule has 0 N–H and O–H groups in total. The number of unbranched alkanes of at least 4 members (excludes halogenated alkanes) is 1. The Hall–Kier alpha value is -1.56. The minimum atomic E-state index is -0.199. The normalized spacial score (nSPS) is 14.1. The molecule has 0 fully saturated rings. The Morgan fingerprint density at radius 2 is 2.31 bits per heavy atom. The molecular weight excluding hydrogens is 204 g/mol. The Kier molecular flexibility index (Phi) is 5.35. The van der Waals surface area contributed by atoms with Crippen LogP contribution in [0.4, 0.5) is 0 Å². The molecule has 0 radical (unpaired) electrons. The molecule has 0 saturated carbocycles. The van der Waals surface area contributed by atoms with E-state index in [1.54, 1.807) is 0 Å². The van der Waals surface area contributed by atoms with Crippen LogP contribution in [0.3, 0.4) is 0 Å². The molecule has 3 nitrogen and oxygen atoms in total. The number of rotatable bonds is 4. The molecule has 0 bridgehead atoms. The fourth-order valence-electron chi connectivity index (χ4n) is 1.49. The highest BCUT2D eigenvalue weighted by Crippen LogP contribution is 2.16. The Labute approximate surface area is 95.9 Å². The van der Waals surface area contributed by atoms with Gasteiger partial charge in [-0.15, -0.1) is 5.92 Å². The summed E-state index contributed by atoms with van der Waals surface area (Å²) in [5, 5.41) is 0. The SMILES string of the molecule is COC(=O)CCCC#CCC1=CCCC1=O. The minimum Gasteiger partial charge on any atom is -0.469 e. The summed E-state index contributed by atoms with van der Waals surface area (Å²) in [7, 11) is 1.38. The number of allylic oxidation sites excluding steroid dienone is 2. The topological polar surface area (TPSA) is 43.4 Å². The zero-order chi connectivity index (χ0) is 11.8. The molecular formula is C13H16O3. The number of hydrogen-bond donors (Lipinski definition) is 0. The summed E-state index contributed by atoms with van der Waals surface area (Å²) in [6.45, 7) is 0. The second-order valence-electron chi connectivity index (χ2n) is 3.65. The largest absolute Gasteiger partial charge is 0.469 e.